The van der Waals surface area contributed by atoms with Crippen LogP contribution in [0, 0.1) is 0 Å². The molecule has 6 nitrogen and oxygen atoms in total. The lowest BCUT2D eigenvalue weighted by Crippen LogP contribution is -2.46. The fourth-order valence-electron chi connectivity index (χ4n) is 2.84. The molecular formula is C19H19NO5S. The molecule has 0 aliphatic carbocycles. The molecule has 2 aromatic rings. The van der Waals surface area contributed by atoms with Crippen LogP contribution in [0.15, 0.2) is 41.8 Å². The molecule has 0 bridgehead atoms. The minimum atomic E-state index is -2.10. The summed E-state index contributed by atoms with van der Waals surface area (Å²) < 4.78 is 5.29. The SMILES string of the molecule is CC(C)(C)OC(=O)N1C(=O)[C@@](O)(CC(=O)c2cccs2)c2ccccc21. The summed E-state index contributed by atoms with van der Waals surface area (Å²) in [7, 11) is 0. The Labute approximate surface area is 155 Å². The molecule has 136 valence electrons. The van der Waals surface area contributed by atoms with Gasteiger partial charge in [0, 0.05) is 5.56 Å². The summed E-state index contributed by atoms with van der Waals surface area (Å²) in [4.78, 5) is 39.2. The standard InChI is InChI=1S/C19H19NO5S/c1-18(2,3)25-17(23)20-13-8-5-4-7-12(13)19(24,16(20)22)11-14(21)15-9-6-10-26-15/h4-10,24H,11H2,1-3H3/t19-/m1/s1. The topological polar surface area (TPSA) is 83.9 Å². The van der Waals surface area contributed by atoms with Gasteiger partial charge in [0.1, 0.15) is 5.60 Å². The van der Waals surface area contributed by atoms with Gasteiger partial charge in [-0.05, 0) is 38.3 Å². The van der Waals surface area contributed by atoms with E-state index in [-0.39, 0.29) is 17.0 Å². The molecule has 1 aliphatic heterocycles. The van der Waals surface area contributed by atoms with Crippen molar-refractivity contribution in [3.05, 3.63) is 52.2 Å². The van der Waals surface area contributed by atoms with Crippen LogP contribution in [0.5, 0.6) is 0 Å². The van der Waals surface area contributed by atoms with E-state index in [1.807, 2.05) is 0 Å². The van der Waals surface area contributed by atoms with Crippen molar-refractivity contribution in [1.29, 1.82) is 0 Å². The highest BCUT2D eigenvalue weighted by molar-refractivity contribution is 7.12. The lowest BCUT2D eigenvalue weighted by Gasteiger charge is -2.25. The van der Waals surface area contributed by atoms with E-state index in [4.69, 9.17) is 4.74 Å². The molecule has 7 heteroatoms. The zero-order valence-electron chi connectivity index (χ0n) is 14.7. The van der Waals surface area contributed by atoms with Crippen LogP contribution in [0.4, 0.5) is 10.5 Å². The Morgan fingerprint density at radius 1 is 1.19 bits per heavy atom. The van der Waals surface area contributed by atoms with Gasteiger partial charge in [0.05, 0.1) is 17.0 Å². The van der Waals surface area contributed by atoms with E-state index in [1.165, 1.54) is 11.3 Å². The highest BCUT2D eigenvalue weighted by Crippen LogP contribution is 2.43. The van der Waals surface area contributed by atoms with E-state index < -0.39 is 29.6 Å². The molecule has 0 spiro atoms. The number of Topliss-reactive ketones (excluding diaryl/α,β-unsaturated/α-hetero) is 1. The van der Waals surface area contributed by atoms with Gasteiger partial charge in [-0.3, -0.25) is 9.59 Å². The van der Waals surface area contributed by atoms with Crippen molar-refractivity contribution in [2.24, 2.45) is 0 Å². The number of carbonyl (C=O) groups is 3. The average molecular weight is 373 g/mol. The summed E-state index contributed by atoms with van der Waals surface area (Å²) in [6, 6.07) is 9.73. The summed E-state index contributed by atoms with van der Waals surface area (Å²) in [5.74, 6) is -1.24. The molecule has 2 amide bonds. The van der Waals surface area contributed by atoms with Crippen LogP contribution in [-0.2, 0) is 15.1 Å². The molecule has 26 heavy (non-hydrogen) atoms. The molecule has 1 aromatic carbocycles. The van der Waals surface area contributed by atoms with Gasteiger partial charge in [-0.1, -0.05) is 24.3 Å². The fraction of sp³-hybridized carbons (Fsp3) is 0.316. The number of aliphatic hydroxyl groups is 1. The van der Waals surface area contributed by atoms with Gasteiger partial charge in [-0.25, -0.2) is 9.69 Å². The Hall–Kier alpha value is -2.51. The third-order valence-electron chi connectivity index (χ3n) is 3.94. The second-order valence-electron chi connectivity index (χ2n) is 7.08. The van der Waals surface area contributed by atoms with Crippen LogP contribution < -0.4 is 4.90 Å². The van der Waals surface area contributed by atoms with Gasteiger partial charge in [0.2, 0.25) is 0 Å². The Bertz CT molecular complexity index is 868. The first kappa shape index (κ1) is 18.3. The highest BCUT2D eigenvalue weighted by atomic mass is 32.1. The molecule has 1 aromatic heterocycles. The van der Waals surface area contributed by atoms with Gasteiger partial charge in [0.15, 0.2) is 11.4 Å². The maximum atomic E-state index is 12.9. The van der Waals surface area contributed by atoms with Crippen molar-refractivity contribution in [2.45, 2.75) is 38.4 Å². The molecule has 1 aliphatic rings. The number of benzene rings is 1. The van der Waals surface area contributed by atoms with Crippen molar-refractivity contribution in [3.8, 4) is 0 Å². The lowest BCUT2D eigenvalue weighted by molar-refractivity contribution is -0.135. The number of hydrogen-bond acceptors (Lipinski definition) is 6. The van der Waals surface area contributed by atoms with Gasteiger partial charge < -0.3 is 9.84 Å². The zero-order chi connectivity index (χ0) is 19.1. The van der Waals surface area contributed by atoms with Crippen LogP contribution in [0.2, 0.25) is 0 Å². The number of para-hydroxylation sites is 1. The number of anilines is 1. The van der Waals surface area contributed by atoms with Gasteiger partial charge in [-0.2, -0.15) is 0 Å². The highest BCUT2D eigenvalue weighted by Gasteiger charge is 2.53. The summed E-state index contributed by atoms with van der Waals surface area (Å²) in [6.07, 6.45) is -1.32. The predicted octanol–water partition coefficient (Wildman–Crippen LogP) is 3.49. The molecule has 0 fully saturated rings. The normalized spacial score (nSPS) is 19.4. The molecule has 1 N–H and O–H groups in total. The molecule has 1 atom stereocenters. The number of nitrogens with zero attached hydrogens (tertiary/aromatic N) is 1. The Balaban J connectivity index is 1.98. The summed E-state index contributed by atoms with van der Waals surface area (Å²) in [6.45, 7) is 5.05. The van der Waals surface area contributed by atoms with Crippen LogP contribution >= 0.6 is 11.3 Å². The van der Waals surface area contributed by atoms with E-state index in [0.717, 1.165) is 4.90 Å². The van der Waals surface area contributed by atoms with Crippen LogP contribution in [0.25, 0.3) is 0 Å². The van der Waals surface area contributed by atoms with E-state index in [0.29, 0.717) is 4.88 Å². The van der Waals surface area contributed by atoms with Crippen molar-refractivity contribution >= 4 is 34.8 Å². The second kappa shape index (κ2) is 6.34. The minimum absolute atomic E-state index is 0.223. The molecule has 2 heterocycles. The van der Waals surface area contributed by atoms with E-state index in [2.05, 4.69) is 0 Å². The first-order valence-electron chi connectivity index (χ1n) is 8.09. The van der Waals surface area contributed by atoms with Gasteiger partial charge in [0.25, 0.3) is 5.91 Å². The van der Waals surface area contributed by atoms with Gasteiger partial charge >= 0.3 is 6.09 Å². The smallest absolute Gasteiger partial charge is 0.421 e. The molecule has 0 radical (unpaired) electrons. The van der Waals surface area contributed by atoms with Crippen LogP contribution in [0.1, 0.15) is 42.4 Å². The number of ketones is 1. The number of rotatable bonds is 3. The Kier molecular flexibility index (Phi) is 4.46. The number of carbonyl (C=O) groups excluding carboxylic acids is 3. The van der Waals surface area contributed by atoms with E-state index in [9.17, 15) is 19.5 Å². The first-order chi connectivity index (χ1) is 12.1. The van der Waals surface area contributed by atoms with Crippen molar-refractivity contribution in [3.63, 3.8) is 0 Å². The van der Waals surface area contributed by atoms with Crippen molar-refractivity contribution in [2.75, 3.05) is 4.90 Å². The second-order valence-corrected chi connectivity index (χ2v) is 8.02. The van der Waals surface area contributed by atoms with Gasteiger partial charge in [-0.15, -0.1) is 11.3 Å². The molecular weight excluding hydrogens is 354 g/mol. The number of thiophene rings is 1. The monoisotopic (exact) mass is 373 g/mol. The number of imide groups is 1. The van der Waals surface area contributed by atoms with E-state index >= 15 is 0 Å². The number of amides is 2. The van der Waals surface area contributed by atoms with Crippen molar-refractivity contribution in [1.82, 2.24) is 0 Å². The summed E-state index contributed by atoms with van der Waals surface area (Å²) >= 11 is 1.23. The summed E-state index contributed by atoms with van der Waals surface area (Å²) in [5, 5.41) is 12.8. The largest absolute Gasteiger partial charge is 0.443 e. The lowest BCUT2D eigenvalue weighted by atomic mass is 9.89. The van der Waals surface area contributed by atoms with E-state index in [1.54, 1.807) is 62.5 Å². The maximum Gasteiger partial charge on any atom is 0.421 e. The Morgan fingerprint density at radius 3 is 2.50 bits per heavy atom. The van der Waals surface area contributed by atoms with Crippen molar-refractivity contribution < 1.29 is 24.2 Å². The Morgan fingerprint density at radius 2 is 1.88 bits per heavy atom. The molecule has 0 saturated heterocycles. The first-order valence-corrected chi connectivity index (χ1v) is 8.97. The summed E-state index contributed by atoms with van der Waals surface area (Å²) in [5.41, 5.74) is -2.46. The maximum absolute atomic E-state index is 12.9. The molecule has 3 rings (SSSR count). The third-order valence-corrected chi connectivity index (χ3v) is 4.85. The van der Waals surface area contributed by atoms with Crippen LogP contribution in [0.3, 0.4) is 0 Å². The van der Waals surface area contributed by atoms with Crippen LogP contribution in [-0.4, -0.2) is 28.5 Å². The fourth-order valence-corrected chi connectivity index (χ4v) is 3.51. The molecule has 0 saturated carbocycles. The number of ether oxygens (including phenoxy) is 1. The average Bonchev–Trinajstić information content (AvgIpc) is 3.14. The predicted molar refractivity (Wildman–Crippen MR) is 97.3 cm³/mol. The number of fused-ring (bicyclic) bond motifs is 1. The minimum Gasteiger partial charge on any atom is -0.443 e. The number of hydrogen-bond donors (Lipinski definition) is 1. The molecule has 0 unspecified atom stereocenters. The third kappa shape index (κ3) is 3.15. The quantitative estimate of drug-likeness (QED) is 0.833. The zero-order valence-corrected chi connectivity index (χ0v) is 15.5.